The molecule has 3 rings (SSSR count). The van der Waals surface area contributed by atoms with Gasteiger partial charge in [-0.15, -0.1) is 0 Å². The van der Waals surface area contributed by atoms with Crippen molar-refractivity contribution in [3.63, 3.8) is 0 Å². The highest BCUT2D eigenvalue weighted by molar-refractivity contribution is 5.88. The molecule has 0 heterocycles. The molecular formula is C16H2F9. The minimum absolute atomic E-state index is 0.531. The van der Waals surface area contributed by atoms with Gasteiger partial charge in [0, 0.05) is 11.6 Å². The van der Waals surface area contributed by atoms with Crippen molar-refractivity contribution in [2.24, 2.45) is 0 Å². The Morgan fingerprint density at radius 1 is 0.520 bits per heavy atom. The number of hydrogen-bond acceptors (Lipinski definition) is 0. The zero-order chi connectivity index (χ0) is 18.6. The van der Waals surface area contributed by atoms with E-state index in [1.165, 1.54) is 0 Å². The molecule has 1 radical (unpaired) electrons. The molecular weight excluding hydrogens is 363 g/mol. The van der Waals surface area contributed by atoms with Crippen LogP contribution < -0.4 is 0 Å². The molecule has 0 fully saturated rings. The lowest BCUT2D eigenvalue weighted by atomic mass is 9.98. The van der Waals surface area contributed by atoms with Crippen LogP contribution in [0.3, 0.4) is 0 Å². The molecule has 0 nitrogen and oxygen atoms in total. The summed E-state index contributed by atoms with van der Waals surface area (Å²) in [5.74, 6) is -19.6. The molecule has 25 heavy (non-hydrogen) atoms. The molecule has 0 saturated carbocycles. The maximum absolute atomic E-state index is 14.4. The first-order valence-electron chi connectivity index (χ1n) is 6.36. The number of hydrogen-bond donors (Lipinski definition) is 0. The van der Waals surface area contributed by atoms with Gasteiger partial charge < -0.3 is 0 Å². The summed E-state index contributed by atoms with van der Waals surface area (Å²) in [5.41, 5.74) is -2.89. The summed E-state index contributed by atoms with van der Waals surface area (Å²) in [6, 6.07) is 2.88. The number of fused-ring (bicyclic) bond motifs is 1. The van der Waals surface area contributed by atoms with E-state index in [2.05, 4.69) is 0 Å². The smallest absolute Gasteiger partial charge is 0.200 e. The quantitative estimate of drug-likeness (QED) is 0.301. The summed E-state index contributed by atoms with van der Waals surface area (Å²) >= 11 is 0. The van der Waals surface area contributed by atoms with Crippen molar-refractivity contribution < 1.29 is 39.5 Å². The fourth-order valence-corrected chi connectivity index (χ4v) is 2.31. The highest BCUT2D eigenvalue weighted by atomic mass is 19.2. The van der Waals surface area contributed by atoms with E-state index >= 15 is 0 Å². The number of halogens is 9. The van der Waals surface area contributed by atoms with Gasteiger partial charge in [-0.3, -0.25) is 0 Å². The second-order valence-electron chi connectivity index (χ2n) is 4.86. The Hall–Kier alpha value is -2.71. The summed E-state index contributed by atoms with van der Waals surface area (Å²) < 4.78 is 122. The zero-order valence-corrected chi connectivity index (χ0v) is 11.6. The lowest BCUT2D eigenvalue weighted by molar-refractivity contribution is 0.381. The molecule has 0 aliphatic carbocycles. The van der Waals surface area contributed by atoms with Crippen LogP contribution in [0.25, 0.3) is 21.9 Å². The van der Waals surface area contributed by atoms with E-state index in [1.54, 1.807) is 6.07 Å². The first kappa shape index (κ1) is 17.1. The minimum Gasteiger partial charge on any atom is -0.206 e. The van der Waals surface area contributed by atoms with E-state index in [0.717, 1.165) is 0 Å². The van der Waals surface area contributed by atoms with Crippen molar-refractivity contribution in [3.8, 4) is 11.1 Å². The van der Waals surface area contributed by atoms with E-state index in [4.69, 9.17) is 0 Å². The molecule has 0 spiro atoms. The van der Waals surface area contributed by atoms with Crippen LogP contribution in [0.5, 0.6) is 0 Å². The van der Waals surface area contributed by atoms with Crippen LogP contribution in [0.2, 0.25) is 0 Å². The second kappa shape index (κ2) is 5.68. The van der Waals surface area contributed by atoms with Gasteiger partial charge in [0.2, 0.25) is 5.82 Å². The Morgan fingerprint density at radius 2 is 1.04 bits per heavy atom. The lowest BCUT2D eigenvalue weighted by Crippen LogP contribution is -2.05. The zero-order valence-electron chi connectivity index (χ0n) is 11.6. The van der Waals surface area contributed by atoms with Crippen molar-refractivity contribution in [2.45, 2.75) is 0 Å². The van der Waals surface area contributed by atoms with Gasteiger partial charge in [0.1, 0.15) is 5.82 Å². The van der Waals surface area contributed by atoms with Gasteiger partial charge in [-0.05, 0) is 5.39 Å². The summed E-state index contributed by atoms with van der Waals surface area (Å²) in [5, 5.41) is -1.89. The Labute approximate surface area is 133 Å². The van der Waals surface area contributed by atoms with Crippen LogP contribution in [0, 0.1) is 58.4 Å². The van der Waals surface area contributed by atoms with E-state index in [1.807, 2.05) is 0 Å². The average Bonchev–Trinajstić information content (AvgIpc) is 2.58. The molecule has 0 amide bonds. The van der Waals surface area contributed by atoms with Crippen molar-refractivity contribution in [1.82, 2.24) is 0 Å². The predicted molar refractivity (Wildman–Crippen MR) is 67.8 cm³/mol. The topological polar surface area (TPSA) is 0 Å². The first-order valence-corrected chi connectivity index (χ1v) is 6.36. The molecule has 3 aromatic carbocycles. The van der Waals surface area contributed by atoms with Gasteiger partial charge in [-0.25, -0.2) is 39.5 Å². The molecule has 0 saturated heterocycles. The predicted octanol–water partition coefficient (Wildman–Crippen LogP) is 5.56. The van der Waals surface area contributed by atoms with Gasteiger partial charge in [0.05, 0.1) is 10.9 Å². The maximum atomic E-state index is 14.4. The molecule has 129 valence electrons. The van der Waals surface area contributed by atoms with Crippen LogP contribution in [-0.2, 0) is 0 Å². The van der Waals surface area contributed by atoms with Gasteiger partial charge in [-0.1, -0.05) is 12.1 Å². The molecule has 3 aromatic rings. The van der Waals surface area contributed by atoms with Crippen molar-refractivity contribution in [3.05, 3.63) is 70.6 Å². The third-order valence-corrected chi connectivity index (χ3v) is 3.47. The van der Waals surface area contributed by atoms with Gasteiger partial charge >= 0.3 is 0 Å². The Bertz CT molecular complexity index is 1010. The average molecular weight is 365 g/mol. The van der Waals surface area contributed by atoms with Crippen LogP contribution in [0.15, 0.2) is 12.1 Å². The minimum atomic E-state index is -2.47. The molecule has 0 bridgehead atoms. The first-order chi connectivity index (χ1) is 11.7. The molecule has 0 N–H and O–H groups in total. The van der Waals surface area contributed by atoms with E-state index in [-0.39, 0.29) is 0 Å². The maximum Gasteiger partial charge on any atom is 0.200 e. The largest absolute Gasteiger partial charge is 0.206 e. The van der Waals surface area contributed by atoms with Crippen LogP contribution in [0.4, 0.5) is 39.5 Å². The Kier molecular flexibility index (Phi) is 3.89. The van der Waals surface area contributed by atoms with E-state index < -0.39 is 74.3 Å². The summed E-state index contributed by atoms with van der Waals surface area (Å²) in [6.07, 6.45) is 0. The van der Waals surface area contributed by atoms with E-state index in [0.29, 0.717) is 12.1 Å². The number of benzene rings is 3. The van der Waals surface area contributed by atoms with Gasteiger partial charge in [0.15, 0.2) is 40.7 Å². The normalized spacial score (nSPS) is 11.4. The molecule has 0 aromatic heterocycles. The van der Waals surface area contributed by atoms with Crippen LogP contribution in [-0.4, -0.2) is 0 Å². The van der Waals surface area contributed by atoms with Gasteiger partial charge in [-0.2, -0.15) is 0 Å². The van der Waals surface area contributed by atoms with Crippen molar-refractivity contribution in [2.75, 3.05) is 0 Å². The molecule has 0 aliphatic heterocycles. The lowest BCUT2D eigenvalue weighted by Gasteiger charge is -2.11. The standard InChI is InChI=1S/C16H2F9/c17-6-3-4-1-2-5(9(18)7(4)11(20)10(6)19)8-12(21)14(23)16(25)15(24)13(8)22/h1-2H. The molecule has 9 heteroatoms. The van der Waals surface area contributed by atoms with E-state index in [9.17, 15) is 39.5 Å². The fourth-order valence-electron chi connectivity index (χ4n) is 2.31. The van der Waals surface area contributed by atoms with Crippen LogP contribution >= 0.6 is 0 Å². The third-order valence-electron chi connectivity index (χ3n) is 3.47. The summed E-state index contributed by atoms with van der Waals surface area (Å²) in [7, 11) is 0. The Balaban J connectivity index is 2.45. The molecule has 0 aliphatic rings. The highest BCUT2D eigenvalue weighted by Gasteiger charge is 2.29. The third kappa shape index (κ3) is 2.33. The van der Waals surface area contributed by atoms with Crippen molar-refractivity contribution in [1.29, 1.82) is 0 Å². The van der Waals surface area contributed by atoms with Crippen LogP contribution in [0.1, 0.15) is 0 Å². The second-order valence-corrected chi connectivity index (χ2v) is 4.86. The van der Waals surface area contributed by atoms with Crippen molar-refractivity contribution >= 4 is 10.8 Å². The summed E-state index contributed by atoms with van der Waals surface area (Å²) in [4.78, 5) is 0. The fraction of sp³-hybridized carbons (Fsp3) is 0. The SMILES string of the molecule is Fc1[c]c2ccc(-c3c(F)c(F)c(F)c(F)c3F)c(F)c2c(F)c1F. The highest BCUT2D eigenvalue weighted by Crippen LogP contribution is 2.36. The molecule has 0 unspecified atom stereocenters. The summed E-state index contributed by atoms with van der Waals surface area (Å²) in [6.45, 7) is 0. The van der Waals surface area contributed by atoms with Gasteiger partial charge in [0.25, 0.3) is 0 Å². The number of rotatable bonds is 1. The Morgan fingerprint density at radius 3 is 1.60 bits per heavy atom. The monoisotopic (exact) mass is 365 g/mol. The molecule has 0 atom stereocenters.